The topological polar surface area (TPSA) is 21.3 Å². The minimum absolute atomic E-state index is 0.838. The molecule has 1 heterocycles. The second-order valence-electron chi connectivity index (χ2n) is 5.59. The van der Waals surface area contributed by atoms with E-state index in [1.165, 1.54) is 22.3 Å². The number of hydrogen-bond donors (Lipinski definition) is 1. The zero-order valence-corrected chi connectivity index (χ0v) is 12.7. The van der Waals surface area contributed by atoms with Crippen LogP contribution in [0.25, 0.3) is 0 Å². The van der Waals surface area contributed by atoms with Crippen LogP contribution in [0.4, 0.5) is 0 Å². The van der Waals surface area contributed by atoms with Crippen LogP contribution in [0.5, 0.6) is 5.75 Å². The first kappa shape index (κ1) is 14.2. The second kappa shape index (κ2) is 6.77. The molecular weight excluding hydrogens is 258 g/mol. The quantitative estimate of drug-likeness (QED) is 0.818. The fraction of sp³-hybridized carbons (Fsp3) is 0.368. The van der Waals surface area contributed by atoms with Crippen molar-refractivity contribution in [1.29, 1.82) is 0 Å². The van der Waals surface area contributed by atoms with Crippen LogP contribution in [-0.4, -0.2) is 13.2 Å². The van der Waals surface area contributed by atoms with Crippen molar-refractivity contribution >= 4 is 0 Å². The lowest BCUT2D eigenvalue weighted by Crippen LogP contribution is -2.17. The molecule has 1 N–H and O–H groups in total. The molecular formula is C19H23NO. The number of benzene rings is 2. The maximum absolute atomic E-state index is 5.55. The van der Waals surface area contributed by atoms with Gasteiger partial charge in [-0.05, 0) is 47.7 Å². The number of nitrogens with one attached hydrogen (secondary N) is 1. The van der Waals surface area contributed by atoms with E-state index < -0.39 is 0 Å². The normalized spacial score (nSPS) is 13.0. The predicted molar refractivity (Wildman–Crippen MR) is 86.9 cm³/mol. The average Bonchev–Trinajstić information content (AvgIpc) is 2.99. The van der Waals surface area contributed by atoms with E-state index in [0.717, 1.165) is 44.7 Å². The highest BCUT2D eigenvalue weighted by Gasteiger charge is 2.11. The summed E-state index contributed by atoms with van der Waals surface area (Å²) in [5, 5.41) is 3.56. The Hall–Kier alpha value is -1.80. The Morgan fingerprint density at radius 1 is 1.10 bits per heavy atom. The molecule has 0 spiro atoms. The van der Waals surface area contributed by atoms with E-state index in [4.69, 9.17) is 4.74 Å². The minimum atomic E-state index is 0.838. The molecule has 2 heteroatoms. The molecule has 0 amide bonds. The number of ether oxygens (including phenoxy) is 1. The first-order valence-electron chi connectivity index (χ1n) is 7.89. The summed E-state index contributed by atoms with van der Waals surface area (Å²) >= 11 is 0. The number of aryl methyl sites for hydroxylation is 1. The van der Waals surface area contributed by atoms with Crippen molar-refractivity contribution in [3.8, 4) is 5.75 Å². The molecule has 2 nitrogen and oxygen atoms in total. The smallest absolute Gasteiger partial charge is 0.122 e. The van der Waals surface area contributed by atoms with Gasteiger partial charge in [-0.2, -0.15) is 0 Å². The van der Waals surface area contributed by atoms with Gasteiger partial charge in [-0.3, -0.25) is 0 Å². The molecule has 0 aliphatic carbocycles. The van der Waals surface area contributed by atoms with Gasteiger partial charge >= 0.3 is 0 Å². The van der Waals surface area contributed by atoms with Crippen LogP contribution in [0.2, 0.25) is 0 Å². The SMILES string of the molecule is CCc1ccccc1CNCCc1ccc2c(c1)CCO2. The molecule has 0 saturated heterocycles. The standard InChI is InChI=1S/C19H23NO/c1-2-16-5-3-4-6-18(16)14-20-11-9-15-7-8-19-17(13-15)10-12-21-19/h3-8,13,20H,2,9-12,14H2,1H3. The van der Waals surface area contributed by atoms with Crippen LogP contribution in [0.1, 0.15) is 29.2 Å². The van der Waals surface area contributed by atoms with Crippen molar-refractivity contribution < 1.29 is 4.74 Å². The minimum Gasteiger partial charge on any atom is -0.493 e. The van der Waals surface area contributed by atoms with Crippen LogP contribution in [0.15, 0.2) is 42.5 Å². The Morgan fingerprint density at radius 3 is 2.81 bits per heavy atom. The third-order valence-electron chi connectivity index (χ3n) is 4.16. The van der Waals surface area contributed by atoms with E-state index in [1.807, 2.05) is 0 Å². The van der Waals surface area contributed by atoms with Crippen molar-refractivity contribution in [2.24, 2.45) is 0 Å². The van der Waals surface area contributed by atoms with E-state index in [0.29, 0.717) is 0 Å². The Kier molecular flexibility index (Phi) is 4.56. The van der Waals surface area contributed by atoms with Crippen LogP contribution in [0.3, 0.4) is 0 Å². The molecule has 0 atom stereocenters. The maximum atomic E-state index is 5.55. The Bertz CT molecular complexity index is 606. The summed E-state index contributed by atoms with van der Waals surface area (Å²) in [5.74, 6) is 1.07. The summed E-state index contributed by atoms with van der Waals surface area (Å²) in [7, 11) is 0. The van der Waals surface area contributed by atoms with Crippen molar-refractivity contribution in [3.63, 3.8) is 0 Å². The third-order valence-corrected chi connectivity index (χ3v) is 4.16. The van der Waals surface area contributed by atoms with Gasteiger partial charge in [0.25, 0.3) is 0 Å². The van der Waals surface area contributed by atoms with Crippen molar-refractivity contribution in [2.45, 2.75) is 32.7 Å². The predicted octanol–water partition coefficient (Wildman–Crippen LogP) is 3.52. The summed E-state index contributed by atoms with van der Waals surface area (Å²) in [6, 6.07) is 15.3. The van der Waals surface area contributed by atoms with Crippen LogP contribution in [-0.2, 0) is 25.8 Å². The molecule has 3 rings (SSSR count). The van der Waals surface area contributed by atoms with Crippen LogP contribution >= 0.6 is 0 Å². The van der Waals surface area contributed by atoms with Crippen LogP contribution in [0, 0.1) is 0 Å². The molecule has 1 aliphatic heterocycles. The molecule has 0 unspecified atom stereocenters. The number of rotatable bonds is 6. The molecule has 2 aromatic rings. The van der Waals surface area contributed by atoms with E-state index in [2.05, 4.69) is 54.7 Å². The maximum Gasteiger partial charge on any atom is 0.122 e. The van der Waals surface area contributed by atoms with Gasteiger partial charge in [0.15, 0.2) is 0 Å². The molecule has 0 bridgehead atoms. The van der Waals surface area contributed by atoms with Gasteiger partial charge in [-0.15, -0.1) is 0 Å². The van der Waals surface area contributed by atoms with Crippen molar-refractivity contribution in [1.82, 2.24) is 5.32 Å². The second-order valence-corrected chi connectivity index (χ2v) is 5.59. The highest BCUT2D eigenvalue weighted by molar-refractivity contribution is 5.39. The van der Waals surface area contributed by atoms with Gasteiger partial charge in [0.05, 0.1) is 6.61 Å². The lowest BCUT2D eigenvalue weighted by molar-refractivity contribution is 0.357. The number of hydrogen-bond acceptors (Lipinski definition) is 2. The van der Waals surface area contributed by atoms with E-state index >= 15 is 0 Å². The highest BCUT2D eigenvalue weighted by Crippen LogP contribution is 2.25. The highest BCUT2D eigenvalue weighted by atomic mass is 16.5. The van der Waals surface area contributed by atoms with Crippen molar-refractivity contribution in [2.75, 3.05) is 13.2 Å². The lowest BCUT2D eigenvalue weighted by Gasteiger charge is -2.09. The number of fused-ring (bicyclic) bond motifs is 1. The summed E-state index contributed by atoms with van der Waals surface area (Å²) in [4.78, 5) is 0. The van der Waals surface area contributed by atoms with Gasteiger partial charge in [0.1, 0.15) is 5.75 Å². The summed E-state index contributed by atoms with van der Waals surface area (Å²) in [6.45, 7) is 5.02. The van der Waals surface area contributed by atoms with Gasteiger partial charge in [-0.25, -0.2) is 0 Å². The zero-order valence-electron chi connectivity index (χ0n) is 12.7. The average molecular weight is 281 g/mol. The monoisotopic (exact) mass is 281 g/mol. The summed E-state index contributed by atoms with van der Waals surface area (Å²) < 4.78 is 5.55. The van der Waals surface area contributed by atoms with Crippen LogP contribution < -0.4 is 10.1 Å². The summed E-state index contributed by atoms with van der Waals surface area (Å²) in [5.41, 5.74) is 5.63. The Morgan fingerprint density at radius 2 is 1.95 bits per heavy atom. The Balaban J connectivity index is 1.50. The molecule has 0 radical (unpaired) electrons. The lowest BCUT2D eigenvalue weighted by atomic mass is 10.0. The summed E-state index contributed by atoms with van der Waals surface area (Å²) in [6.07, 6.45) is 3.23. The van der Waals surface area contributed by atoms with Gasteiger partial charge in [0, 0.05) is 13.0 Å². The fourth-order valence-electron chi connectivity index (χ4n) is 2.93. The third kappa shape index (κ3) is 3.45. The fourth-order valence-corrected chi connectivity index (χ4v) is 2.93. The molecule has 21 heavy (non-hydrogen) atoms. The molecule has 0 aromatic heterocycles. The van der Waals surface area contributed by atoms with E-state index in [-0.39, 0.29) is 0 Å². The van der Waals surface area contributed by atoms with Crippen molar-refractivity contribution in [3.05, 3.63) is 64.7 Å². The zero-order chi connectivity index (χ0) is 14.5. The van der Waals surface area contributed by atoms with Gasteiger partial charge in [-0.1, -0.05) is 43.3 Å². The largest absolute Gasteiger partial charge is 0.493 e. The first-order valence-corrected chi connectivity index (χ1v) is 7.89. The van der Waals surface area contributed by atoms with E-state index in [9.17, 15) is 0 Å². The molecule has 0 fully saturated rings. The molecule has 0 saturated carbocycles. The molecule has 110 valence electrons. The first-order chi connectivity index (χ1) is 10.4. The molecule has 1 aliphatic rings. The van der Waals surface area contributed by atoms with E-state index in [1.54, 1.807) is 0 Å². The van der Waals surface area contributed by atoms with Gasteiger partial charge < -0.3 is 10.1 Å². The molecule has 2 aromatic carbocycles. The van der Waals surface area contributed by atoms with Gasteiger partial charge in [0.2, 0.25) is 0 Å². The Labute approximate surface area is 127 Å².